The van der Waals surface area contributed by atoms with Gasteiger partial charge in [-0.15, -0.1) is 0 Å². The Bertz CT molecular complexity index is 501. The van der Waals surface area contributed by atoms with Crippen LogP contribution in [-0.4, -0.2) is 39.2 Å². The minimum atomic E-state index is -4.62. The maximum absolute atomic E-state index is 12.2. The Labute approximate surface area is 103 Å². The van der Waals surface area contributed by atoms with Gasteiger partial charge in [-0.25, -0.2) is 0 Å². The molecule has 0 radical (unpaired) electrons. The molecule has 0 aromatic carbocycles. The molecule has 1 aliphatic rings. The number of aromatic nitrogens is 2. The number of alkyl halides is 3. The second-order valence-electron chi connectivity index (χ2n) is 3.61. The Hall–Kier alpha value is -1.71. The molecule has 2 rings (SSSR count). The summed E-state index contributed by atoms with van der Waals surface area (Å²) in [5, 5.41) is 2.34. The Morgan fingerprint density at radius 1 is 1.44 bits per heavy atom. The minimum Gasteiger partial charge on any atom is -0.348 e. The van der Waals surface area contributed by atoms with Crippen LogP contribution in [0.3, 0.4) is 0 Å². The standard InChI is InChI=1S/C8H7F3N4O2S/c1-15-4(16)2-3(5(15)17)12-7-13-6(14-18-7)8(9,10)11/h3H,2H2,1H3,(H,12,13,14). The third-order valence-electron chi connectivity index (χ3n) is 2.36. The molecule has 6 nitrogen and oxygen atoms in total. The first-order chi connectivity index (χ1) is 8.29. The van der Waals surface area contributed by atoms with Crippen molar-refractivity contribution >= 4 is 28.5 Å². The Morgan fingerprint density at radius 3 is 2.56 bits per heavy atom. The van der Waals surface area contributed by atoms with Crippen molar-refractivity contribution in [1.82, 2.24) is 14.3 Å². The van der Waals surface area contributed by atoms with E-state index in [0.29, 0.717) is 11.5 Å². The van der Waals surface area contributed by atoms with E-state index < -0.39 is 29.9 Å². The third kappa shape index (κ3) is 2.28. The number of hydrogen-bond donors (Lipinski definition) is 1. The zero-order valence-electron chi connectivity index (χ0n) is 8.98. The first-order valence-corrected chi connectivity index (χ1v) is 5.54. The number of imide groups is 1. The van der Waals surface area contributed by atoms with Gasteiger partial charge in [0.25, 0.3) is 5.91 Å². The molecule has 0 saturated carbocycles. The topological polar surface area (TPSA) is 75.2 Å². The Kier molecular flexibility index (Phi) is 2.97. The van der Waals surface area contributed by atoms with E-state index in [4.69, 9.17) is 0 Å². The van der Waals surface area contributed by atoms with Crippen LogP contribution in [-0.2, 0) is 15.8 Å². The van der Waals surface area contributed by atoms with Crippen LogP contribution in [0.2, 0.25) is 0 Å². The van der Waals surface area contributed by atoms with Crippen LogP contribution in [0, 0.1) is 0 Å². The molecule has 2 heterocycles. The van der Waals surface area contributed by atoms with E-state index in [9.17, 15) is 22.8 Å². The van der Waals surface area contributed by atoms with E-state index in [0.717, 1.165) is 4.90 Å². The lowest BCUT2D eigenvalue weighted by Crippen LogP contribution is -2.31. The van der Waals surface area contributed by atoms with E-state index in [2.05, 4.69) is 14.7 Å². The quantitative estimate of drug-likeness (QED) is 0.808. The monoisotopic (exact) mass is 280 g/mol. The summed E-state index contributed by atoms with van der Waals surface area (Å²) in [6, 6.07) is -0.878. The fourth-order valence-electron chi connectivity index (χ4n) is 1.41. The summed E-state index contributed by atoms with van der Waals surface area (Å²) in [4.78, 5) is 26.8. The van der Waals surface area contributed by atoms with Crippen molar-refractivity contribution in [3.05, 3.63) is 5.82 Å². The largest absolute Gasteiger partial charge is 0.452 e. The SMILES string of the molecule is CN1C(=O)CC(Nc2nc(C(F)(F)F)ns2)C1=O. The van der Waals surface area contributed by atoms with Crippen LogP contribution >= 0.6 is 11.5 Å². The van der Waals surface area contributed by atoms with Crippen LogP contribution in [0.1, 0.15) is 12.2 Å². The number of rotatable bonds is 2. The average Bonchev–Trinajstić information content (AvgIpc) is 2.81. The van der Waals surface area contributed by atoms with Crippen molar-refractivity contribution in [2.24, 2.45) is 0 Å². The molecule has 0 spiro atoms. The van der Waals surface area contributed by atoms with Crippen LogP contribution < -0.4 is 5.32 Å². The van der Waals surface area contributed by atoms with Gasteiger partial charge in [-0.3, -0.25) is 14.5 Å². The van der Waals surface area contributed by atoms with Gasteiger partial charge in [0.1, 0.15) is 6.04 Å². The average molecular weight is 280 g/mol. The van der Waals surface area contributed by atoms with Gasteiger partial charge in [0.15, 0.2) is 0 Å². The summed E-state index contributed by atoms with van der Waals surface area (Å²) < 4.78 is 39.8. The summed E-state index contributed by atoms with van der Waals surface area (Å²) in [7, 11) is 1.31. The highest BCUT2D eigenvalue weighted by molar-refractivity contribution is 7.09. The van der Waals surface area contributed by atoms with E-state index in [-0.39, 0.29) is 11.6 Å². The van der Waals surface area contributed by atoms with E-state index in [1.54, 1.807) is 0 Å². The maximum atomic E-state index is 12.2. The van der Waals surface area contributed by atoms with Crippen LogP contribution in [0.4, 0.5) is 18.3 Å². The van der Waals surface area contributed by atoms with Crippen molar-refractivity contribution in [3.63, 3.8) is 0 Å². The molecule has 0 bridgehead atoms. The Morgan fingerprint density at radius 2 is 2.11 bits per heavy atom. The van der Waals surface area contributed by atoms with Gasteiger partial charge in [-0.2, -0.15) is 22.5 Å². The predicted octanol–water partition coefficient (Wildman–Crippen LogP) is 0.726. The van der Waals surface area contributed by atoms with Crippen molar-refractivity contribution in [2.45, 2.75) is 18.6 Å². The van der Waals surface area contributed by atoms with Crippen molar-refractivity contribution in [2.75, 3.05) is 12.4 Å². The third-order valence-corrected chi connectivity index (χ3v) is 3.01. The molecule has 1 aliphatic heterocycles. The highest BCUT2D eigenvalue weighted by atomic mass is 32.1. The number of nitrogens with one attached hydrogen (secondary N) is 1. The molecule has 18 heavy (non-hydrogen) atoms. The lowest BCUT2D eigenvalue weighted by Gasteiger charge is -2.08. The van der Waals surface area contributed by atoms with Crippen LogP contribution in [0.5, 0.6) is 0 Å². The highest BCUT2D eigenvalue weighted by Gasteiger charge is 2.39. The highest BCUT2D eigenvalue weighted by Crippen LogP contribution is 2.29. The van der Waals surface area contributed by atoms with Gasteiger partial charge < -0.3 is 5.32 Å². The molecule has 1 saturated heterocycles. The fraction of sp³-hybridized carbons (Fsp3) is 0.500. The lowest BCUT2D eigenvalue weighted by molar-refractivity contribution is -0.144. The van der Waals surface area contributed by atoms with Crippen molar-refractivity contribution in [1.29, 1.82) is 0 Å². The lowest BCUT2D eigenvalue weighted by atomic mass is 10.2. The number of carbonyl (C=O) groups is 2. The molecule has 1 aromatic heterocycles. The fourth-order valence-corrected chi connectivity index (χ4v) is 2.05. The smallest absolute Gasteiger partial charge is 0.348 e. The van der Waals surface area contributed by atoms with Gasteiger partial charge in [0.05, 0.1) is 6.42 Å². The second kappa shape index (κ2) is 4.19. The molecule has 2 amide bonds. The summed E-state index contributed by atoms with van der Waals surface area (Å²) >= 11 is 0.493. The molecular formula is C8H7F3N4O2S. The summed E-state index contributed by atoms with van der Waals surface area (Å²) in [6.45, 7) is 0. The molecule has 10 heteroatoms. The number of likely N-dealkylation sites (tertiary alicyclic amines) is 1. The minimum absolute atomic E-state index is 0.101. The zero-order chi connectivity index (χ0) is 13.5. The van der Waals surface area contributed by atoms with Gasteiger partial charge in [-0.1, -0.05) is 0 Å². The van der Waals surface area contributed by atoms with Gasteiger partial charge in [0.2, 0.25) is 16.9 Å². The summed E-state index contributed by atoms with van der Waals surface area (Å²) in [5.41, 5.74) is 0. The van der Waals surface area contributed by atoms with E-state index in [1.165, 1.54) is 7.05 Å². The Balaban J connectivity index is 2.09. The molecule has 0 aliphatic carbocycles. The van der Waals surface area contributed by atoms with Gasteiger partial charge >= 0.3 is 6.18 Å². The molecule has 98 valence electrons. The molecule has 1 atom stereocenters. The predicted molar refractivity (Wildman–Crippen MR) is 54.7 cm³/mol. The van der Waals surface area contributed by atoms with Crippen LogP contribution in [0.15, 0.2) is 0 Å². The van der Waals surface area contributed by atoms with Gasteiger partial charge in [0, 0.05) is 18.6 Å². The van der Waals surface area contributed by atoms with Crippen molar-refractivity contribution in [3.8, 4) is 0 Å². The summed E-state index contributed by atoms with van der Waals surface area (Å²) in [5.74, 6) is -2.15. The number of anilines is 1. The second-order valence-corrected chi connectivity index (χ2v) is 4.36. The molecule has 1 fully saturated rings. The molecule has 1 N–H and O–H groups in total. The van der Waals surface area contributed by atoms with E-state index >= 15 is 0 Å². The molecule has 1 aromatic rings. The first-order valence-electron chi connectivity index (χ1n) is 4.77. The van der Waals surface area contributed by atoms with E-state index in [1.807, 2.05) is 0 Å². The number of nitrogens with zero attached hydrogens (tertiary/aromatic N) is 3. The number of amides is 2. The molecule has 1 unspecified atom stereocenters. The van der Waals surface area contributed by atoms with Gasteiger partial charge in [-0.05, 0) is 0 Å². The van der Waals surface area contributed by atoms with Crippen LogP contribution in [0.25, 0.3) is 0 Å². The normalized spacial score (nSPS) is 20.7. The first kappa shape index (κ1) is 12.7. The number of likely N-dealkylation sites (N-methyl/N-ethyl adjacent to an activating group) is 1. The summed E-state index contributed by atoms with van der Waals surface area (Å²) in [6.07, 6.45) is -4.72. The maximum Gasteiger partial charge on any atom is 0.452 e. The molecular weight excluding hydrogens is 273 g/mol. The number of carbonyl (C=O) groups excluding carboxylic acids is 2. The zero-order valence-corrected chi connectivity index (χ0v) is 9.80. The number of hydrogen-bond acceptors (Lipinski definition) is 6. The number of halogens is 3. The van der Waals surface area contributed by atoms with Crippen molar-refractivity contribution < 1.29 is 22.8 Å².